The summed E-state index contributed by atoms with van der Waals surface area (Å²) in [7, 11) is 0. The molecule has 0 saturated heterocycles. The molecule has 33 heavy (non-hydrogen) atoms. The van der Waals surface area contributed by atoms with Gasteiger partial charge in [-0.2, -0.15) is 0 Å². The van der Waals surface area contributed by atoms with E-state index in [1.54, 1.807) is 4.90 Å². The zero-order valence-electron chi connectivity index (χ0n) is 19.8. The Kier molecular flexibility index (Phi) is 5.38. The van der Waals surface area contributed by atoms with Gasteiger partial charge in [-0.15, -0.1) is 0 Å². The van der Waals surface area contributed by atoms with Crippen molar-refractivity contribution in [3.05, 3.63) is 41.2 Å². The Balaban J connectivity index is 1.50. The number of carbonyl (C=O) groups excluding carboxylic acids is 2. The van der Waals surface area contributed by atoms with Gasteiger partial charge < -0.3 is 25.3 Å². The normalized spacial score (nSPS) is 18.1. The predicted molar refractivity (Wildman–Crippen MR) is 127 cm³/mol. The summed E-state index contributed by atoms with van der Waals surface area (Å²) < 4.78 is 8.16. The first-order valence-corrected chi connectivity index (χ1v) is 12.1. The number of benzene rings is 1. The van der Waals surface area contributed by atoms with Crippen LogP contribution >= 0.6 is 0 Å². The molecule has 0 spiro atoms. The summed E-state index contributed by atoms with van der Waals surface area (Å²) in [5, 5.41) is 3.03. The van der Waals surface area contributed by atoms with E-state index in [2.05, 4.69) is 9.88 Å². The molecule has 0 radical (unpaired) electrons. The van der Waals surface area contributed by atoms with E-state index in [4.69, 9.17) is 10.5 Å². The van der Waals surface area contributed by atoms with E-state index in [-0.39, 0.29) is 11.6 Å². The van der Waals surface area contributed by atoms with Crippen LogP contribution in [0.2, 0.25) is 0 Å². The van der Waals surface area contributed by atoms with Crippen LogP contribution in [0, 0.1) is 5.92 Å². The van der Waals surface area contributed by atoms with Gasteiger partial charge >= 0.3 is 6.03 Å². The number of amides is 3. The second-order valence-corrected chi connectivity index (χ2v) is 10.8. The fraction of sp³-hybridized carbons (Fsp3) is 0.538. The number of nitrogens with two attached hydrogens (primary N) is 1. The van der Waals surface area contributed by atoms with Gasteiger partial charge in [-0.1, -0.05) is 12.1 Å². The number of nitrogens with zero attached hydrogens (tertiary/aromatic N) is 2. The van der Waals surface area contributed by atoms with Gasteiger partial charge in [-0.25, -0.2) is 4.79 Å². The number of aromatic nitrogens is 1. The molecule has 2 aromatic rings. The number of urea groups is 1. The first kappa shape index (κ1) is 21.9. The number of primary amides is 1. The van der Waals surface area contributed by atoms with Crippen LogP contribution in [0.1, 0.15) is 74.1 Å². The Hall–Kier alpha value is -2.96. The van der Waals surface area contributed by atoms with Crippen molar-refractivity contribution >= 4 is 11.9 Å². The second-order valence-electron chi connectivity index (χ2n) is 10.8. The van der Waals surface area contributed by atoms with Gasteiger partial charge in [0.1, 0.15) is 5.75 Å². The van der Waals surface area contributed by atoms with Gasteiger partial charge in [0.2, 0.25) is 0 Å². The minimum atomic E-state index is -0.437. The quantitative estimate of drug-likeness (QED) is 0.690. The molecule has 0 atom stereocenters. The highest BCUT2D eigenvalue weighted by molar-refractivity contribution is 6.02. The van der Waals surface area contributed by atoms with Crippen molar-refractivity contribution in [3.63, 3.8) is 0 Å². The molecular weight excluding hydrogens is 416 g/mol. The van der Waals surface area contributed by atoms with Gasteiger partial charge in [0.25, 0.3) is 5.91 Å². The monoisotopic (exact) mass is 450 g/mol. The lowest BCUT2D eigenvalue weighted by Gasteiger charge is -2.33. The third kappa shape index (κ3) is 4.59. The molecule has 1 aromatic carbocycles. The Morgan fingerprint density at radius 3 is 2.36 bits per heavy atom. The molecule has 2 heterocycles. The number of ether oxygens (including phenoxy) is 1. The molecule has 1 aromatic heterocycles. The van der Waals surface area contributed by atoms with E-state index in [1.165, 1.54) is 18.5 Å². The van der Waals surface area contributed by atoms with E-state index >= 15 is 0 Å². The predicted octanol–water partition coefficient (Wildman–Crippen LogP) is 4.24. The molecule has 3 N–H and O–H groups in total. The smallest absolute Gasteiger partial charge is 0.318 e. The number of nitrogens with one attached hydrogen (secondary N) is 1. The Morgan fingerprint density at radius 1 is 1.09 bits per heavy atom. The maximum absolute atomic E-state index is 12.8. The number of hydrogen-bond donors (Lipinski definition) is 2. The van der Waals surface area contributed by atoms with Gasteiger partial charge in [0, 0.05) is 29.9 Å². The van der Waals surface area contributed by atoms with Crippen LogP contribution in [0.25, 0.3) is 11.1 Å². The number of fused-ring (bicyclic) bond motifs is 1. The van der Waals surface area contributed by atoms with Gasteiger partial charge in [0.15, 0.2) is 0 Å². The topological polar surface area (TPSA) is 89.6 Å². The van der Waals surface area contributed by atoms with Gasteiger partial charge in [-0.05, 0) is 76.0 Å². The van der Waals surface area contributed by atoms with E-state index in [9.17, 15) is 9.59 Å². The first-order valence-electron chi connectivity index (χ1n) is 12.1. The maximum atomic E-state index is 12.8. The zero-order chi connectivity index (χ0) is 23.3. The summed E-state index contributed by atoms with van der Waals surface area (Å²) in [5.41, 5.74) is 10.2. The lowest BCUT2D eigenvalue weighted by Crippen LogP contribution is -2.50. The lowest BCUT2D eigenvalue weighted by atomic mass is 9.97. The molecule has 2 fully saturated rings. The van der Waals surface area contributed by atoms with Crippen molar-refractivity contribution in [1.29, 1.82) is 0 Å². The molecule has 3 amide bonds. The fourth-order valence-corrected chi connectivity index (χ4v) is 4.72. The highest BCUT2D eigenvalue weighted by Gasteiger charge is 2.38. The minimum Gasteiger partial charge on any atom is -0.493 e. The average molecular weight is 451 g/mol. The first-order chi connectivity index (χ1) is 15.7. The molecule has 7 heteroatoms. The SMILES string of the molecule is CC(C)(C)NC(=O)N1CCn2c(c(C(N)=O)c(-c3ccc(OCC4CC4)cc3)c2C2CC2)C1. The van der Waals surface area contributed by atoms with Crippen LogP contribution < -0.4 is 15.8 Å². The highest BCUT2D eigenvalue weighted by atomic mass is 16.5. The molecule has 0 unspecified atom stereocenters. The van der Waals surface area contributed by atoms with Gasteiger partial charge in [-0.3, -0.25) is 4.79 Å². The molecule has 5 rings (SSSR count). The van der Waals surface area contributed by atoms with Crippen LogP contribution in [0.3, 0.4) is 0 Å². The zero-order valence-corrected chi connectivity index (χ0v) is 19.8. The van der Waals surface area contributed by atoms with E-state index in [1.807, 2.05) is 45.0 Å². The van der Waals surface area contributed by atoms with Crippen LogP contribution in [0.15, 0.2) is 24.3 Å². The van der Waals surface area contributed by atoms with Crippen molar-refractivity contribution in [1.82, 2.24) is 14.8 Å². The van der Waals surface area contributed by atoms with Crippen molar-refractivity contribution in [2.75, 3.05) is 13.2 Å². The molecule has 1 aliphatic heterocycles. The van der Waals surface area contributed by atoms with Crippen LogP contribution in [-0.4, -0.2) is 40.1 Å². The summed E-state index contributed by atoms with van der Waals surface area (Å²) in [5.74, 6) is 1.55. The standard InChI is InChI=1S/C26H34N4O3/c1-26(2,3)28-25(32)29-12-13-30-20(14-29)22(24(27)31)21(23(30)18-6-7-18)17-8-10-19(11-9-17)33-15-16-4-5-16/h8-11,16,18H,4-7,12-15H2,1-3H3,(H2,27,31)(H,28,32). The lowest BCUT2D eigenvalue weighted by molar-refractivity contribution is 0.0997. The summed E-state index contributed by atoms with van der Waals surface area (Å²) >= 11 is 0. The third-order valence-electron chi connectivity index (χ3n) is 6.65. The van der Waals surface area contributed by atoms with Crippen molar-refractivity contribution in [2.45, 2.75) is 71.0 Å². The van der Waals surface area contributed by atoms with Crippen LogP contribution in [-0.2, 0) is 13.1 Å². The van der Waals surface area contributed by atoms with Crippen molar-refractivity contribution in [3.8, 4) is 16.9 Å². The van der Waals surface area contributed by atoms with Crippen molar-refractivity contribution in [2.24, 2.45) is 11.7 Å². The third-order valence-corrected chi connectivity index (χ3v) is 6.65. The summed E-state index contributed by atoms with van der Waals surface area (Å²) in [6.07, 6.45) is 4.74. The number of hydrogen-bond acceptors (Lipinski definition) is 3. The van der Waals surface area contributed by atoms with E-state index in [0.29, 0.717) is 37.0 Å². The molecule has 0 bridgehead atoms. The average Bonchev–Trinajstić information content (AvgIpc) is 3.68. The second kappa shape index (κ2) is 8.12. The van der Waals surface area contributed by atoms with E-state index < -0.39 is 5.91 Å². The maximum Gasteiger partial charge on any atom is 0.318 e. The summed E-state index contributed by atoms with van der Waals surface area (Å²) in [6, 6.07) is 7.92. The van der Waals surface area contributed by atoms with E-state index in [0.717, 1.165) is 42.0 Å². The highest BCUT2D eigenvalue weighted by Crippen LogP contribution is 2.48. The fourth-order valence-electron chi connectivity index (χ4n) is 4.72. The molecular formula is C26H34N4O3. The van der Waals surface area contributed by atoms with Crippen molar-refractivity contribution < 1.29 is 14.3 Å². The number of rotatable bonds is 6. The number of carbonyl (C=O) groups is 2. The molecule has 3 aliphatic rings. The Bertz CT molecular complexity index is 1070. The summed E-state index contributed by atoms with van der Waals surface area (Å²) in [6.45, 7) is 8.32. The minimum absolute atomic E-state index is 0.114. The van der Waals surface area contributed by atoms with Crippen LogP contribution in [0.5, 0.6) is 5.75 Å². The molecule has 2 aliphatic carbocycles. The largest absolute Gasteiger partial charge is 0.493 e. The Labute approximate surface area is 195 Å². The van der Waals surface area contributed by atoms with Crippen LogP contribution in [0.4, 0.5) is 4.79 Å². The molecule has 2 saturated carbocycles. The van der Waals surface area contributed by atoms with Gasteiger partial charge in [0.05, 0.1) is 24.4 Å². The Morgan fingerprint density at radius 2 is 1.79 bits per heavy atom. The molecule has 176 valence electrons. The molecule has 7 nitrogen and oxygen atoms in total. The summed E-state index contributed by atoms with van der Waals surface area (Å²) in [4.78, 5) is 27.4.